The molecule has 0 atom stereocenters. The molecule has 0 radical (unpaired) electrons. The molecule has 0 heterocycles. The van der Waals surface area contributed by atoms with Crippen molar-refractivity contribution in [2.75, 3.05) is 71.7 Å². The monoisotopic (exact) mass is 505 g/mol. The SMILES string of the molecule is CN(C)c1ccc(N=Nc2ccc(S(=O)(=O)NCCOCCOCCOCCN=[N+]=[N-])cc2)cc1. The van der Waals surface area contributed by atoms with Crippen LogP contribution < -0.4 is 9.62 Å². The summed E-state index contributed by atoms with van der Waals surface area (Å²) in [5.74, 6) is 0. The van der Waals surface area contributed by atoms with Crippen LogP contribution in [0.5, 0.6) is 0 Å². The first-order chi connectivity index (χ1) is 16.9. The molecule has 0 fully saturated rings. The molecule has 0 amide bonds. The maximum Gasteiger partial charge on any atom is 0.240 e. The minimum atomic E-state index is -3.66. The molecule has 0 aliphatic heterocycles. The molecule has 0 aliphatic carbocycles. The predicted octanol–water partition coefficient (Wildman–Crippen LogP) is 3.81. The number of rotatable bonds is 17. The molecule has 2 aromatic carbocycles. The summed E-state index contributed by atoms with van der Waals surface area (Å²) in [5.41, 5.74) is 10.4. The minimum absolute atomic E-state index is 0.134. The second-order valence-electron chi connectivity index (χ2n) is 7.29. The Bertz CT molecular complexity index is 1050. The summed E-state index contributed by atoms with van der Waals surface area (Å²) in [6.45, 7) is 2.47. The van der Waals surface area contributed by atoms with Crippen molar-refractivity contribution in [3.05, 3.63) is 59.0 Å². The number of azo groups is 1. The van der Waals surface area contributed by atoms with Crippen molar-refractivity contribution in [3.8, 4) is 0 Å². The molecule has 0 bridgehead atoms. The van der Waals surface area contributed by atoms with Crippen LogP contribution in [0.1, 0.15) is 0 Å². The Balaban J connectivity index is 1.64. The summed E-state index contributed by atoms with van der Waals surface area (Å²) in [6.07, 6.45) is 0. The summed E-state index contributed by atoms with van der Waals surface area (Å²) in [7, 11) is 0.265. The lowest BCUT2D eigenvalue weighted by atomic mass is 10.3. The highest BCUT2D eigenvalue weighted by atomic mass is 32.2. The van der Waals surface area contributed by atoms with Crippen LogP contribution in [0.15, 0.2) is 68.8 Å². The number of benzene rings is 2. The van der Waals surface area contributed by atoms with Gasteiger partial charge in [0.15, 0.2) is 0 Å². The zero-order valence-electron chi connectivity index (χ0n) is 19.9. The highest BCUT2D eigenvalue weighted by molar-refractivity contribution is 7.89. The summed E-state index contributed by atoms with van der Waals surface area (Å²) in [5, 5.41) is 11.7. The van der Waals surface area contributed by atoms with Gasteiger partial charge in [-0.2, -0.15) is 10.2 Å². The van der Waals surface area contributed by atoms with Crippen molar-refractivity contribution in [2.24, 2.45) is 15.3 Å². The second kappa shape index (κ2) is 15.8. The van der Waals surface area contributed by atoms with Crippen molar-refractivity contribution in [1.82, 2.24) is 4.72 Å². The molecule has 1 N–H and O–H groups in total. The quantitative estimate of drug-likeness (QED) is 0.149. The molecule has 0 aliphatic rings. The van der Waals surface area contributed by atoms with Crippen LogP contribution >= 0.6 is 0 Å². The molecule has 13 heteroatoms. The van der Waals surface area contributed by atoms with Crippen molar-refractivity contribution in [2.45, 2.75) is 4.90 Å². The van der Waals surface area contributed by atoms with Gasteiger partial charge in [0.25, 0.3) is 0 Å². The fraction of sp³-hybridized carbons (Fsp3) is 0.455. The Kier molecular flexibility index (Phi) is 12.7. The van der Waals surface area contributed by atoms with Crippen LogP contribution in [0.3, 0.4) is 0 Å². The number of nitrogens with zero attached hydrogens (tertiary/aromatic N) is 6. The molecule has 190 valence electrons. The first-order valence-corrected chi connectivity index (χ1v) is 12.4. The molecule has 0 unspecified atom stereocenters. The zero-order valence-corrected chi connectivity index (χ0v) is 20.7. The molecule has 0 saturated heterocycles. The van der Waals surface area contributed by atoms with Crippen LogP contribution in [0.2, 0.25) is 0 Å². The largest absolute Gasteiger partial charge is 0.379 e. The van der Waals surface area contributed by atoms with Crippen LogP contribution in [0.4, 0.5) is 17.1 Å². The van der Waals surface area contributed by atoms with Gasteiger partial charge in [0.2, 0.25) is 10.0 Å². The van der Waals surface area contributed by atoms with Gasteiger partial charge in [-0.15, -0.1) is 0 Å². The molecule has 0 spiro atoms. The van der Waals surface area contributed by atoms with E-state index >= 15 is 0 Å². The average molecular weight is 506 g/mol. The first kappa shape index (κ1) is 28.2. The van der Waals surface area contributed by atoms with Gasteiger partial charge in [0, 0.05) is 37.8 Å². The predicted molar refractivity (Wildman–Crippen MR) is 133 cm³/mol. The zero-order chi connectivity index (χ0) is 25.4. The summed E-state index contributed by atoms with van der Waals surface area (Å²) in [6, 6.07) is 13.8. The van der Waals surface area contributed by atoms with Crippen LogP contribution in [-0.2, 0) is 24.2 Å². The lowest BCUT2D eigenvalue weighted by Crippen LogP contribution is -2.27. The number of sulfonamides is 1. The van der Waals surface area contributed by atoms with Crippen LogP contribution in [0.25, 0.3) is 10.4 Å². The Hall–Kier alpha value is -3.06. The summed E-state index contributed by atoms with van der Waals surface area (Å²) < 4.78 is 43.2. The number of anilines is 1. The second-order valence-corrected chi connectivity index (χ2v) is 9.06. The lowest BCUT2D eigenvalue weighted by Gasteiger charge is -2.11. The topological polar surface area (TPSA) is 151 Å². The van der Waals surface area contributed by atoms with E-state index in [1.54, 1.807) is 12.1 Å². The first-order valence-electron chi connectivity index (χ1n) is 11.0. The maximum atomic E-state index is 12.4. The highest BCUT2D eigenvalue weighted by Crippen LogP contribution is 2.22. The van der Waals surface area contributed by atoms with Gasteiger partial charge in [-0.1, -0.05) is 5.11 Å². The van der Waals surface area contributed by atoms with Gasteiger partial charge in [0.1, 0.15) is 0 Å². The number of azide groups is 1. The van der Waals surface area contributed by atoms with Gasteiger partial charge in [-0.3, -0.25) is 0 Å². The van der Waals surface area contributed by atoms with E-state index in [-0.39, 0.29) is 24.6 Å². The smallest absolute Gasteiger partial charge is 0.240 e. The number of hydrogen-bond acceptors (Lipinski definition) is 9. The highest BCUT2D eigenvalue weighted by Gasteiger charge is 2.13. The number of hydrogen-bond donors (Lipinski definition) is 1. The Labute approximate surface area is 205 Å². The summed E-state index contributed by atoms with van der Waals surface area (Å²) >= 11 is 0. The van der Waals surface area contributed by atoms with Gasteiger partial charge in [-0.25, -0.2) is 13.1 Å². The molecule has 0 aromatic heterocycles. The van der Waals surface area contributed by atoms with E-state index in [4.69, 9.17) is 19.7 Å². The van der Waals surface area contributed by atoms with E-state index in [0.717, 1.165) is 5.69 Å². The Morgan fingerprint density at radius 3 is 1.89 bits per heavy atom. The van der Waals surface area contributed by atoms with E-state index in [1.165, 1.54) is 12.1 Å². The van der Waals surface area contributed by atoms with Crippen LogP contribution in [-0.4, -0.2) is 75.2 Å². The van der Waals surface area contributed by atoms with E-state index in [0.29, 0.717) is 44.4 Å². The van der Waals surface area contributed by atoms with Gasteiger partial charge < -0.3 is 19.1 Å². The van der Waals surface area contributed by atoms with Gasteiger partial charge >= 0.3 is 0 Å². The standard InChI is InChI=1S/C22H31N7O5S/c1-29(2)21-7-3-19(4-8-21)26-27-20-5-9-22(10-6-20)35(30,31)25-12-14-33-16-18-34-17-15-32-13-11-24-28-23/h3-10,25H,11-18H2,1-2H3. The lowest BCUT2D eigenvalue weighted by molar-refractivity contribution is 0.0171. The van der Waals surface area contributed by atoms with Crippen molar-refractivity contribution in [1.29, 1.82) is 0 Å². The summed E-state index contributed by atoms with van der Waals surface area (Å²) in [4.78, 5) is 4.75. The molecule has 0 saturated carbocycles. The van der Waals surface area contributed by atoms with Crippen LogP contribution in [0, 0.1) is 0 Å². The average Bonchev–Trinajstić information content (AvgIpc) is 2.86. The molecule has 12 nitrogen and oxygen atoms in total. The third-order valence-electron chi connectivity index (χ3n) is 4.48. The van der Waals surface area contributed by atoms with Crippen molar-refractivity contribution < 1.29 is 22.6 Å². The normalized spacial score (nSPS) is 11.5. The third kappa shape index (κ3) is 11.3. The van der Waals surface area contributed by atoms with E-state index in [1.807, 2.05) is 43.3 Å². The maximum absolute atomic E-state index is 12.4. The van der Waals surface area contributed by atoms with Crippen molar-refractivity contribution in [3.63, 3.8) is 0 Å². The minimum Gasteiger partial charge on any atom is -0.379 e. The third-order valence-corrected chi connectivity index (χ3v) is 5.95. The van der Waals surface area contributed by atoms with Crippen molar-refractivity contribution >= 4 is 27.1 Å². The molecule has 2 rings (SSSR count). The Morgan fingerprint density at radius 1 is 0.829 bits per heavy atom. The molecular weight excluding hydrogens is 474 g/mol. The Morgan fingerprint density at radius 2 is 1.34 bits per heavy atom. The molecular formula is C22H31N7O5S. The van der Waals surface area contributed by atoms with Gasteiger partial charge in [-0.05, 0) is 54.1 Å². The fourth-order valence-corrected chi connectivity index (χ4v) is 3.66. The van der Waals surface area contributed by atoms with E-state index in [9.17, 15) is 8.42 Å². The van der Waals surface area contributed by atoms with E-state index < -0.39 is 10.0 Å². The molecule has 35 heavy (non-hydrogen) atoms. The fourth-order valence-electron chi connectivity index (χ4n) is 2.65. The number of ether oxygens (including phenoxy) is 3. The molecule has 2 aromatic rings. The van der Waals surface area contributed by atoms with Gasteiger partial charge in [0.05, 0.1) is 55.9 Å². The van der Waals surface area contributed by atoms with E-state index in [2.05, 4.69) is 25.0 Å². The number of nitrogens with one attached hydrogen (secondary N) is 1.